The van der Waals surface area contributed by atoms with Crippen LogP contribution in [0.1, 0.15) is 5.56 Å². The van der Waals surface area contributed by atoms with Gasteiger partial charge in [-0.15, -0.1) is 0 Å². The second-order valence-corrected chi connectivity index (χ2v) is 4.44. The summed E-state index contributed by atoms with van der Waals surface area (Å²) in [6.45, 7) is 2.05. The summed E-state index contributed by atoms with van der Waals surface area (Å²) >= 11 is 8.67. The number of rotatable bonds is 2. The molecule has 1 aromatic rings. The number of thiocarbonyl (C=S) groups is 1. The van der Waals surface area contributed by atoms with E-state index in [0.717, 1.165) is 10.2 Å². The van der Waals surface area contributed by atoms with Crippen molar-refractivity contribution in [1.29, 1.82) is 0 Å². The molecule has 0 amide bonds. The lowest BCUT2D eigenvalue weighted by Gasteiger charge is -2.20. The summed E-state index contributed by atoms with van der Waals surface area (Å²) < 4.78 is 1.01. The van der Waals surface area contributed by atoms with Gasteiger partial charge in [0.25, 0.3) is 0 Å². The van der Waals surface area contributed by atoms with Crippen LogP contribution in [0.5, 0.6) is 0 Å². The number of nitrogens with one attached hydrogen (secondary N) is 2. The Morgan fingerprint density at radius 1 is 1.47 bits per heavy atom. The monoisotopic (exact) mass is 287 g/mol. The maximum Gasteiger partial charge on any atom is 0.187 e. The van der Waals surface area contributed by atoms with E-state index >= 15 is 0 Å². The van der Waals surface area contributed by atoms with Gasteiger partial charge < -0.3 is 5.32 Å². The lowest BCUT2D eigenvalue weighted by Crippen LogP contribution is -2.39. The van der Waals surface area contributed by atoms with E-state index in [1.807, 2.05) is 39.2 Å². The number of hydrogen-bond acceptors (Lipinski definition) is 2. The molecule has 0 aromatic heterocycles. The minimum absolute atomic E-state index is 0.627. The summed E-state index contributed by atoms with van der Waals surface area (Å²) in [6.07, 6.45) is 0. The van der Waals surface area contributed by atoms with E-state index in [4.69, 9.17) is 12.2 Å². The molecular formula is C10H14BrN3S. The fourth-order valence-corrected chi connectivity index (χ4v) is 1.82. The number of halogens is 1. The quantitative estimate of drug-likeness (QED) is 0.646. The van der Waals surface area contributed by atoms with Gasteiger partial charge in [-0.1, -0.05) is 6.07 Å². The second kappa shape index (κ2) is 5.44. The molecular weight excluding hydrogens is 274 g/mol. The van der Waals surface area contributed by atoms with E-state index in [2.05, 4.69) is 26.7 Å². The first-order chi connectivity index (χ1) is 7.04. The third-order valence-corrected chi connectivity index (χ3v) is 3.04. The van der Waals surface area contributed by atoms with Crippen LogP contribution in [0.15, 0.2) is 22.7 Å². The molecule has 5 heteroatoms. The van der Waals surface area contributed by atoms with Crippen LogP contribution in [0.2, 0.25) is 0 Å². The van der Waals surface area contributed by atoms with Crippen molar-refractivity contribution in [2.75, 3.05) is 19.4 Å². The SMILES string of the molecule is CNN(C)C(=S)Nc1ccc(C)cc1Br. The van der Waals surface area contributed by atoms with Gasteiger partial charge in [-0.2, -0.15) is 0 Å². The van der Waals surface area contributed by atoms with E-state index < -0.39 is 0 Å². The van der Waals surface area contributed by atoms with Crippen LogP contribution in [0.4, 0.5) is 5.69 Å². The van der Waals surface area contributed by atoms with Crippen LogP contribution >= 0.6 is 28.1 Å². The predicted octanol–water partition coefficient (Wildman–Crippen LogP) is 2.52. The summed E-state index contributed by atoms with van der Waals surface area (Å²) in [5.41, 5.74) is 5.10. The first-order valence-electron chi connectivity index (χ1n) is 4.53. The molecule has 0 atom stereocenters. The van der Waals surface area contributed by atoms with Gasteiger partial charge in [0.05, 0.1) is 5.69 Å². The van der Waals surface area contributed by atoms with Crippen LogP contribution in [-0.4, -0.2) is 24.2 Å². The molecule has 0 aliphatic carbocycles. The maximum absolute atomic E-state index is 5.18. The Labute approximate surface area is 104 Å². The van der Waals surface area contributed by atoms with Crippen LogP contribution in [-0.2, 0) is 0 Å². The van der Waals surface area contributed by atoms with Crippen molar-refractivity contribution < 1.29 is 0 Å². The molecule has 1 rings (SSSR count). The van der Waals surface area contributed by atoms with Gasteiger partial charge in [0.2, 0.25) is 0 Å². The molecule has 0 fully saturated rings. The molecule has 0 unspecified atom stereocenters. The van der Waals surface area contributed by atoms with E-state index in [9.17, 15) is 0 Å². The largest absolute Gasteiger partial charge is 0.331 e. The zero-order chi connectivity index (χ0) is 11.4. The standard InChI is InChI=1S/C10H14BrN3S/c1-7-4-5-9(8(11)6-7)13-10(15)14(3)12-2/h4-6,12H,1-3H3,(H,13,15). The van der Waals surface area contributed by atoms with Crippen molar-refractivity contribution in [3.63, 3.8) is 0 Å². The lowest BCUT2D eigenvalue weighted by atomic mass is 10.2. The normalized spacial score (nSPS) is 9.87. The number of nitrogens with zero attached hydrogens (tertiary/aromatic N) is 1. The third kappa shape index (κ3) is 3.44. The molecule has 0 saturated heterocycles. The number of anilines is 1. The fourth-order valence-electron chi connectivity index (χ4n) is 1.02. The van der Waals surface area contributed by atoms with Crippen molar-refractivity contribution in [1.82, 2.24) is 10.4 Å². The summed E-state index contributed by atoms with van der Waals surface area (Å²) in [5.74, 6) is 0. The first kappa shape index (κ1) is 12.4. The summed E-state index contributed by atoms with van der Waals surface area (Å²) in [7, 11) is 3.68. The predicted molar refractivity (Wildman–Crippen MR) is 71.9 cm³/mol. The van der Waals surface area contributed by atoms with Gasteiger partial charge in [-0.25, -0.2) is 5.43 Å². The van der Waals surface area contributed by atoms with Gasteiger partial charge in [0.1, 0.15) is 0 Å². The Bertz CT molecular complexity index is 368. The van der Waals surface area contributed by atoms with Crippen molar-refractivity contribution in [3.05, 3.63) is 28.2 Å². The topological polar surface area (TPSA) is 27.3 Å². The minimum Gasteiger partial charge on any atom is -0.331 e. The van der Waals surface area contributed by atoms with Gasteiger partial charge in [0, 0.05) is 18.6 Å². The van der Waals surface area contributed by atoms with Crippen molar-refractivity contribution in [2.45, 2.75) is 6.92 Å². The average Bonchev–Trinajstić information content (AvgIpc) is 2.20. The molecule has 3 nitrogen and oxygen atoms in total. The molecule has 0 aliphatic heterocycles. The highest BCUT2D eigenvalue weighted by molar-refractivity contribution is 9.10. The highest BCUT2D eigenvalue weighted by Gasteiger charge is 2.04. The zero-order valence-corrected chi connectivity index (χ0v) is 11.4. The van der Waals surface area contributed by atoms with Gasteiger partial charge in [-0.3, -0.25) is 5.01 Å². The Morgan fingerprint density at radius 2 is 2.13 bits per heavy atom. The van der Waals surface area contributed by atoms with Gasteiger partial charge >= 0.3 is 0 Å². The number of benzene rings is 1. The van der Waals surface area contributed by atoms with E-state index in [1.165, 1.54) is 5.56 Å². The van der Waals surface area contributed by atoms with Gasteiger partial charge in [-0.05, 0) is 52.8 Å². The van der Waals surface area contributed by atoms with Crippen molar-refractivity contribution >= 4 is 38.9 Å². The van der Waals surface area contributed by atoms with Gasteiger partial charge in [0.15, 0.2) is 5.11 Å². The second-order valence-electron chi connectivity index (χ2n) is 3.20. The molecule has 0 heterocycles. The Morgan fingerprint density at radius 3 is 2.67 bits per heavy atom. The lowest BCUT2D eigenvalue weighted by molar-refractivity contribution is 0.416. The van der Waals surface area contributed by atoms with E-state index in [-0.39, 0.29) is 0 Å². The Kier molecular flexibility index (Phi) is 4.50. The van der Waals surface area contributed by atoms with Crippen LogP contribution in [0.25, 0.3) is 0 Å². The number of aryl methyl sites for hydroxylation is 1. The smallest absolute Gasteiger partial charge is 0.187 e. The maximum atomic E-state index is 5.18. The average molecular weight is 288 g/mol. The van der Waals surface area contributed by atoms with Crippen LogP contribution in [0, 0.1) is 6.92 Å². The van der Waals surface area contributed by atoms with Crippen LogP contribution < -0.4 is 10.7 Å². The van der Waals surface area contributed by atoms with E-state index in [1.54, 1.807) is 5.01 Å². The molecule has 15 heavy (non-hydrogen) atoms. The molecule has 0 bridgehead atoms. The summed E-state index contributed by atoms with van der Waals surface area (Å²) in [4.78, 5) is 0. The fraction of sp³-hybridized carbons (Fsp3) is 0.300. The molecule has 2 N–H and O–H groups in total. The Balaban J connectivity index is 2.77. The molecule has 0 radical (unpaired) electrons. The molecule has 82 valence electrons. The number of hydrazine groups is 1. The van der Waals surface area contributed by atoms with Crippen LogP contribution in [0.3, 0.4) is 0 Å². The third-order valence-electron chi connectivity index (χ3n) is 2.01. The first-order valence-corrected chi connectivity index (χ1v) is 5.73. The molecule has 1 aromatic carbocycles. The highest BCUT2D eigenvalue weighted by atomic mass is 79.9. The number of hydrogen-bond donors (Lipinski definition) is 2. The summed E-state index contributed by atoms with van der Waals surface area (Å²) in [5, 5.41) is 5.50. The zero-order valence-electron chi connectivity index (χ0n) is 8.97. The van der Waals surface area contributed by atoms with Crippen molar-refractivity contribution in [3.8, 4) is 0 Å². The minimum atomic E-state index is 0.627. The summed E-state index contributed by atoms with van der Waals surface area (Å²) in [6, 6.07) is 6.08. The Hall–Kier alpha value is -0.650. The van der Waals surface area contributed by atoms with E-state index in [0.29, 0.717) is 5.11 Å². The molecule has 0 aliphatic rings. The molecule has 0 spiro atoms. The molecule has 0 saturated carbocycles. The highest BCUT2D eigenvalue weighted by Crippen LogP contribution is 2.23. The van der Waals surface area contributed by atoms with Crippen molar-refractivity contribution in [2.24, 2.45) is 0 Å².